The first-order valence-electron chi connectivity index (χ1n) is 16.3. The summed E-state index contributed by atoms with van der Waals surface area (Å²) >= 11 is 0. The molecule has 6 N–H and O–H groups in total. The average Bonchev–Trinajstić information content (AvgIpc) is 2.80. The van der Waals surface area contributed by atoms with Gasteiger partial charge in [0.1, 0.15) is 0 Å². The van der Waals surface area contributed by atoms with Crippen LogP contribution in [-0.4, -0.2) is 157 Å². The van der Waals surface area contributed by atoms with E-state index in [0.717, 1.165) is 0 Å². The molecule has 0 radical (unpaired) electrons. The van der Waals surface area contributed by atoms with E-state index in [9.17, 15) is 45.0 Å². The smallest absolute Gasteiger partial charge is 0.317 e. The van der Waals surface area contributed by atoms with Crippen molar-refractivity contribution in [1.82, 2.24) is 19.6 Å². The zero-order valence-electron chi connectivity index (χ0n) is 29.9. The van der Waals surface area contributed by atoms with Crippen molar-refractivity contribution in [2.45, 2.75) is 172 Å². The van der Waals surface area contributed by atoms with Crippen LogP contribution in [0.25, 0.3) is 0 Å². The van der Waals surface area contributed by atoms with Gasteiger partial charge in [-0.1, -0.05) is 0 Å². The Morgan fingerprint density at radius 1 is 0.500 bits per heavy atom. The highest BCUT2D eigenvalue weighted by atomic mass is 16.4. The highest BCUT2D eigenvalue weighted by Crippen LogP contribution is 2.51. The molecule has 13 nitrogen and oxygen atoms in total. The molecular weight excluding hydrogens is 596 g/mol. The van der Waals surface area contributed by atoms with E-state index >= 15 is 0 Å². The Balaban J connectivity index is 2.41. The molecule has 6 atom stereocenters. The lowest BCUT2D eigenvalue weighted by atomic mass is 9.66. The van der Waals surface area contributed by atoms with E-state index in [1.54, 1.807) is 0 Å². The van der Waals surface area contributed by atoms with Crippen molar-refractivity contribution in [3.8, 4) is 0 Å². The number of carboxylic acid groups (broad SMARTS) is 3. The van der Waals surface area contributed by atoms with Gasteiger partial charge in [0.05, 0.1) is 56.1 Å². The number of aliphatic carboxylic acids is 3. The summed E-state index contributed by atoms with van der Waals surface area (Å²) in [7, 11) is 0. The summed E-state index contributed by atoms with van der Waals surface area (Å²) in [6, 6.07) is -2.59. The summed E-state index contributed by atoms with van der Waals surface area (Å²) in [5.74, 6) is -3.12. The first kappa shape index (κ1) is 38.6. The quantitative estimate of drug-likeness (QED) is 0.210. The number of aliphatic hydroxyl groups excluding tert-OH is 3. The average molecular weight is 657 g/mol. The molecule has 6 unspecified atom stereocenters. The van der Waals surface area contributed by atoms with Gasteiger partial charge in [-0.3, -0.25) is 34.0 Å². The topological polar surface area (TPSA) is 186 Å². The molecule has 3 fully saturated rings. The molecule has 0 aliphatic carbocycles. The molecular formula is C33H60N4O9. The second kappa shape index (κ2) is 12.2. The van der Waals surface area contributed by atoms with Crippen molar-refractivity contribution < 1.29 is 45.0 Å². The van der Waals surface area contributed by atoms with Crippen LogP contribution < -0.4 is 0 Å². The van der Waals surface area contributed by atoms with E-state index in [1.165, 1.54) is 0 Å². The Hall–Kier alpha value is -1.87. The number of hydrogen-bond donors (Lipinski definition) is 6. The molecule has 0 aromatic heterocycles. The Morgan fingerprint density at radius 3 is 0.870 bits per heavy atom. The van der Waals surface area contributed by atoms with Crippen LogP contribution in [0.3, 0.4) is 0 Å². The van der Waals surface area contributed by atoms with E-state index < -0.39 is 87.6 Å². The van der Waals surface area contributed by atoms with Crippen LogP contribution in [0.5, 0.6) is 0 Å². The summed E-state index contributed by atoms with van der Waals surface area (Å²) in [4.78, 5) is 44.2. The van der Waals surface area contributed by atoms with Crippen molar-refractivity contribution >= 4 is 17.9 Å². The van der Waals surface area contributed by atoms with Crippen molar-refractivity contribution in [1.29, 1.82) is 0 Å². The second-order valence-electron chi connectivity index (χ2n) is 17.4. The number of carboxylic acids is 3. The Kier molecular flexibility index (Phi) is 10.3. The third kappa shape index (κ3) is 6.70. The molecule has 0 amide bonds. The van der Waals surface area contributed by atoms with Crippen LogP contribution in [0.2, 0.25) is 0 Å². The van der Waals surface area contributed by atoms with Crippen LogP contribution in [0.15, 0.2) is 0 Å². The van der Waals surface area contributed by atoms with Gasteiger partial charge >= 0.3 is 17.9 Å². The zero-order valence-corrected chi connectivity index (χ0v) is 29.9. The maximum atomic E-state index is 12.2. The number of rotatable bonds is 9. The SMILES string of the molecule is CC1(C)CC(O)C(N(C2C(O)CC(C)(C)N(CC(=O)O)C2(C)C)C2C(O)CC(C)(C)N(CC(=O)O)C2(C)C)C(C)(C)N1CC(=O)O. The minimum Gasteiger partial charge on any atom is -0.480 e. The van der Waals surface area contributed by atoms with Crippen molar-refractivity contribution in [2.24, 2.45) is 0 Å². The Bertz CT molecular complexity index is 1040. The maximum Gasteiger partial charge on any atom is 0.317 e. The third-order valence-electron chi connectivity index (χ3n) is 11.5. The molecule has 3 heterocycles. The highest BCUT2D eigenvalue weighted by molar-refractivity contribution is 5.70. The number of hydrogen-bond acceptors (Lipinski definition) is 10. The summed E-state index contributed by atoms with van der Waals surface area (Å²) < 4.78 is 0. The summed E-state index contributed by atoms with van der Waals surface area (Å²) in [6.45, 7) is 21.5. The fourth-order valence-corrected chi connectivity index (χ4v) is 10.3. The number of nitrogens with zero attached hydrogens (tertiary/aromatic N) is 4. The molecule has 3 aliphatic rings. The van der Waals surface area contributed by atoms with E-state index in [2.05, 4.69) is 0 Å². The molecule has 0 saturated carbocycles. The fraction of sp³-hybridized carbons (Fsp3) is 0.909. The minimum absolute atomic E-state index is 0.187. The van der Waals surface area contributed by atoms with E-state index in [-0.39, 0.29) is 38.9 Å². The van der Waals surface area contributed by atoms with Gasteiger partial charge in [-0.05, 0) is 102 Å². The highest BCUT2D eigenvalue weighted by Gasteiger charge is 2.65. The molecule has 46 heavy (non-hydrogen) atoms. The molecule has 0 bridgehead atoms. The lowest BCUT2D eigenvalue weighted by Gasteiger charge is -2.70. The van der Waals surface area contributed by atoms with Gasteiger partial charge in [-0.25, -0.2) is 0 Å². The van der Waals surface area contributed by atoms with Crippen molar-refractivity contribution in [3.63, 3.8) is 0 Å². The first-order chi connectivity index (χ1) is 20.5. The standard InChI is InChI=1S/C33H60N4O9/c1-28(2)13-19(38)25(31(7,8)34(28)16-22(41)42)37(26-20(39)14-29(3,4)35(17-23(43)44)32(26,9)10)27-21(40)15-30(5,6)36(18-24(45)46)33(27,11)12/h19-21,25-27,38-40H,13-18H2,1-12H3,(H,41,42)(H,43,44)(H,45,46). The molecule has 3 aliphatic heterocycles. The summed E-state index contributed by atoms with van der Waals surface area (Å²) in [6.07, 6.45) is -2.59. The van der Waals surface area contributed by atoms with Crippen LogP contribution in [0, 0.1) is 0 Å². The van der Waals surface area contributed by atoms with Crippen LogP contribution >= 0.6 is 0 Å². The molecule has 266 valence electrons. The molecule has 3 saturated heterocycles. The maximum absolute atomic E-state index is 12.2. The molecule has 0 aromatic carbocycles. The minimum atomic E-state index is -1.06. The number of piperidine rings is 3. The van der Waals surface area contributed by atoms with Crippen molar-refractivity contribution in [3.05, 3.63) is 0 Å². The molecule has 13 heteroatoms. The largest absolute Gasteiger partial charge is 0.480 e. The number of likely N-dealkylation sites (tertiary alicyclic amines) is 3. The Morgan fingerprint density at radius 2 is 0.696 bits per heavy atom. The first-order valence-corrected chi connectivity index (χ1v) is 16.3. The second-order valence-corrected chi connectivity index (χ2v) is 17.4. The van der Waals surface area contributed by atoms with Gasteiger partial charge in [0.2, 0.25) is 0 Å². The fourth-order valence-electron chi connectivity index (χ4n) is 10.3. The lowest BCUT2D eigenvalue weighted by molar-refractivity contribution is -0.241. The van der Waals surface area contributed by atoms with E-state index in [0.29, 0.717) is 0 Å². The lowest BCUT2D eigenvalue weighted by Crippen LogP contribution is -2.85. The van der Waals surface area contributed by atoms with Gasteiger partial charge < -0.3 is 30.6 Å². The predicted molar refractivity (Wildman–Crippen MR) is 173 cm³/mol. The summed E-state index contributed by atoms with van der Waals surface area (Å²) in [5, 5.41) is 66.5. The van der Waals surface area contributed by atoms with Gasteiger partial charge in [-0.15, -0.1) is 0 Å². The van der Waals surface area contributed by atoms with Crippen LogP contribution in [-0.2, 0) is 14.4 Å². The van der Waals surface area contributed by atoms with E-state index in [4.69, 9.17) is 0 Å². The molecule has 0 aromatic rings. The number of carbonyl (C=O) groups is 3. The number of aliphatic hydroxyl groups is 3. The zero-order chi connectivity index (χ0) is 35.7. The molecule has 3 rings (SSSR count). The Labute approximate surface area is 274 Å². The van der Waals surface area contributed by atoms with E-state index in [1.807, 2.05) is 103 Å². The molecule has 0 spiro atoms. The van der Waals surface area contributed by atoms with Gasteiger partial charge in [0.25, 0.3) is 0 Å². The van der Waals surface area contributed by atoms with Crippen LogP contribution in [0.1, 0.15) is 102 Å². The van der Waals surface area contributed by atoms with Gasteiger partial charge in [-0.2, -0.15) is 0 Å². The predicted octanol–water partition coefficient (Wildman–Crippen LogP) is 1.52. The summed E-state index contributed by atoms with van der Waals surface area (Å²) in [5.41, 5.74) is -5.38. The van der Waals surface area contributed by atoms with Gasteiger partial charge in [0, 0.05) is 33.2 Å². The third-order valence-corrected chi connectivity index (χ3v) is 11.5. The normalized spacial score (nSPS) is 35.5. The monoisotopic (exact) mass is 656 g/mol. The van der Waals surface area contributed by atoms with Gasteiger partial charge in [0.15, 0.2) is 0 Å². The van der Waals surface area contributed by atoms with Crippen molar-refractivity contribution in [2.75, 3.05) is 19.6 Å². The van der Waals surface area contributed by atoms with Crippen LogP contribution in [0.4, 0.5) is 0 Å².